The van der Waals surface area contributed by atoms with E-state index in [1.807, 2.05) is 11.6 Å². The van der Waals surface area contributed by atoms with Gasteiger partial charge in [-0.15, -0.1) is 0 Å². The second-order valence-electron chi connectivity index (χ2n) is 9.11. The van der Waals surface area contributed by atoms with Crippen LogP contribution in [0.4, 0.5) is 16.0 Å². The number of ether oxygens (including phenoxy) is 1. The van der Waals surface area contributed by atoms with Gasteiger partial charge in [-0.3, -0.25) is 0 Å². The van der Waals surface area contributed by atoms with Crippen molar-refractivity contribution in [3.8, 4) is 5.75 Å². The highest BCUT2D eigenvalue weighted by molar-refractivity contribution is 7.89. The number of aryl methyl sites for hydroxylation is 1. The topological polar surface area (TPSA) is 111 Å². The van der Waals surface area contributed by atoms with Crippen molar-refractivity contribution in [1.82, 2.24) is 9.97 Å². The summed E-state index contributed by atoms with van der Waals surface area (Å²) in [5.41, 5.74) is 2.39. The molecule has 2 aliphatic carbocycles. The maximum atomic E-state index is 14.3. The number of anilines is 2. The van der Waals surface area contributed by atoms with E-state index in [2.05, 4.69) is 33.7 Å². The van der Waals surface area contributed by atoms with Crippen LogP contribution in [0.3, 0.4) is 0 Å². The van der Waals surface area contributed by atoms with Gasteiger partial charge < -0.3 is 10.1 Å². The van der Waals surface area contributed by atoms with E-state index in [0.717, 1.165) is 36.6 Å². The zero-order valence-electron chi connectivity index (χ0n) is 18.8. The highest BCUT2D eigenvalue weighted by atomic mass is 32.2. The minimum absolute atomic E-state index is 0.0666. The average molecular weight is 485 g/mol. The first kappa shape index (κ1) is 22.7. The van der Waals surface area contributed by atoms with Gasteiger partial charge in [-0.05, 0) is 67.7 Å². The number of hydrogen-bond donors (Lipinski definition) is 2. The number of nitrogens with two attached hydrogens (primary N) is 1. The van der Waals surface area contributed by atoms with Gasteiger partial charge in [0.25, 0.3) is 0 Å². The second-order valence-corrected chi connectivity index (χ2v) is 10.7. The van der Waals surface area contributed by atoms with E-state index < -0.39 is 15.8 Å². The standard InChI is InChI=1S/C24H27FN5O3S/c1-30-9-8-20(15-2-3-15)23(14-30)33-18-5-4-16(10-18)17-12-27-24(28-13-17)29-22-7-6-19(11-21(22)25)34(26,31)32/h6-9,11-16,18H,2-5,10H2,1H3,(H2,26,31,32)(H,27,28,29)/q+1/t16-,18+/m0/s1. The molecular formula is C24H27FN5O3S+. The fourth-order valence-corrected chi connectivity index (χ4v) is 4.98. The molecule has 2 atom stereocenters. The molecule has 0 spiro atoms. The Balaban J connectivity index is 1.22. The molecule has 8 nitrogen and oxygen atoms in total. The lowest BCUT2D eigenvalue weighted by atomic mass is 10.0. The molecule has 3 N–H and O–H groups in total. The molecule has 178 valence electrons. The highest BCUT2D eigenvalue weighted by Crippen LogP contribution is 2.45. The van der Waals surface area contributed by atoms with Gasteiger partial charge in [0.05, 0.1) is 16.7 Å². The largest absolute Gasteiger partial charge is 0.484 e. The summed E-state index contributed by atoms with van der Waals surface area (Å²) in [4.78, 5) is 8.35. The molecule has 0 radical (unpaired) electrons. The Hall–Kier alpha value is -3.11. The van der Waals surface area contributed by atoms with Crippen LogP contribution in [0.15, 0.2) is 53.9 Å². The number of primary sulfonamides is 1. The molecule has 0 aliphatic heterocycles. The van der Waals surface area contributed by atoms with Gasteiger partial charge in [-0.1, -0.05) is 0 Å². The van der Waals surface area contributed by atoms with Crippen molar-refractivity contribution in [3.63, 3.8) is 0 Å². The van der Waals surface area contributed by atoms with Crippen molar-refractivity contribution in [2.45, 2.75) is 54.9 Å². The molecule has 2 heterocycles. The van der Waals surface area contributed by atoms with E-state index >= 15 is 0 Å². The molecule has 0 bridgehead atoms. The first-order valence-electron chi connectivity index (χ1n) is 11.3. The molecule has 5 rings (SSSR count). The van der Waals surface area contributed by atoms with Crippen molar-refractivity contribution in [2.24, 2.45) is 12.2 Å². The Morgan fingerprint density at radius 2 is 1.85 bits per heavy atom. The second kappa shape index (κ2) is 8.92. The smallest absolute Gasteiger partial charge is 0.238 e. The van der Waals surface area contributed by atoms with Crippen LogP contribution in [0.25, 0.3) is 0 Å². The van der Waals surface area contributed by atoms with Gasteiger partial charge in [0.1, 0.15) is 12.9 Å². The molecular weight excluding hydrogens is 457 g/mol. The molecule has 2 saturated carbocycles. The summed E-state index contributed by atoms with van der Waals surface area (Å²) in [6.45, 7) is 0. The molecule has 0 saturated heterocycles. The maximum Gasteiger partial charge on any atom is 0.238 e. The van der Waals surface area contributed by atoms with Gasteiger partial charge in [0, 0.05) is 24.0 Å². The van der Waals surface area contributed by atoms with Crippen molar-refractivity contribution in [3.05, 3.63) is 66.0 Å². The van der Waals surface area contributed by atoms with Gasteiger partial charge >= 0.3 is 0 Å². The first-order chi connectivity index (χ1) is 16.3. The number of rotatable bonds is 7. The molecule has 2 aromatic heterocycles. The summed E-state index contributed by atoms with van der Waals surface area (Å²) in [6.07, 6.45) is 13.1. The van der Waals surface area contributed by atoms with Crippen LogP contribution in [-0.2, 0) is 17.1 Å². The molecule has 0 unspecified atom stereocenters. The van der Waals surface area contributed by atoms with Gasteiger partial charge in [0.15, 0.2) is 11.9 Å². The van der Waals surface area contributed by atoms with E-state index in [4.69, 9.17) is 9.88 Å². The summed E-state index contributed by atoms with van der Waals surface area (Å²) in [5.74, 6) is 1.39. The van der Waals surface area contributed by atoms with Crippen molar-refractivity contribution < 1.29 is 22.1 Å². The molecule has 2 aliphatic rings. The predicted octanol–water partition coefficient (Wildman–Crippen LogP) is 3.42. The fourth-order valence-electron chi connectivity index (χ4n) is 4.45. The van der Waals surface area contributed by atoms with Crippen LogP contribution in [0.5, 0.6) is 5.75 Å². The lowest BCUT2D eigenvalue weighted by molar-refractivity contribution is -0.671. The van der Waals surface area contributed by atoms with Gasteiger partial charge in [-0.2, -0.15) is 0 Å². The Kier molecular flexibility index (Phi) is 5.95. The first-order valence-corrected chi connectivity index (χ1v) is 12.9. The minimum atomic E-state index is -3.97. The molecule has 34 heavy (non-hydrogen) atoms. The SMILES string of the molecule is C[n+]1ccc(C2CC2)c(O[C@@H]2CC[C@H](c3cnc(Nc4ccc(S(N)(=O)=O)cc4F)nc3)C2)c1. The van der Waals surface area contributed by atoms with E-state index in [9.17, 15) is 12.8 Å². The third kappa shape index (κ3) is 5.02. The van der Waals surface area contributed by atoms with Gasteiger partial charge in [0.2, 0.25) is 22.2 Å². The van der Waals surface area contributed by atoms with E-state index in [1.165, 1.54) is 30.5 Å². The van der Waals surface area contributed by atoms with Crippen LogP contribution in [0, 0.1) is 5.82 Å². The molecule has 0 amide bonds. The van der Waals surface area contributed by atoms with E-state index in [-0.39, 0.29) is 22.6 Å². The average Bonchev–Trinajstić information content (AvgIpc) is 3.53. The Bertz CT molecular complexity index is 1310. The lowest BCUT2D eigenvalue weighted by Gasteiger charge is -2.16. The number of benzene rings is 1. The minimum Gasteiger partial charge on any atom is -0.484 e. The normalized spacial score (nSPS) is 20.3. The number of nitrogens with one attached hydrogen (secondary N) is 1. The lowest BCUT2D eigenvalue weighted by Crippen LogP contribution is -2.28. The fraction of sp³-hybridized carbons (Fsp3) is 0.375. The van der Waals surface area contributed by atoms with Crippen LogP contribution in [0.2, 0.25) is 0 Å². The number of pyridine rings is 1. The number of sulfonamides is 1. The Morgan fingerprint density at radius 1 is 1.12 bits per heavy atom. The van der Waals surface area contributed by atoms with E-state index in [1.54, 1.807) is 12.4 Å². The number of halogens is 1. The predicted molar refractivity (Wildman–Crippen MR) is 124 cm³/mol. The summed E-state index contributed by atoms with van der Waals surface area (Å²) in [6, 6.07) is 5.57. The summed E-state index contributed by atoms with van der Waals surface area (Å²) in [5, 5.41) is 7.82. The zero-order valence-corrected chi connectivity index (χ0v) is 19.6. The molecule has 3 aromatic rings. The quantitative estimate of drug-likeness (QED) is 0.497. The summed E-state index contributed by atoms with van der Waals surface area (Å²) in [7, 11) is -1.96. The Labute approximate surface area is 198 Å². The Morgan fingerprint density at radius 3 is 2.53 bits per heavy atom. The molecule has 2 fully saturated rings. The number of aromatic nitrogens is 3. The van der Waals surface area contributed by atoms with Gasteiger partial charge in [-0.25, -0.2) is 32.5 Å². The maximum absolute atomic E-state index is 14.3. The monoisotopic (exact) mass is 484 g/mol. The van der Waals surface area contributed by atoms with Crippen molar-refractivity contribution in [1.29, 1.82) is 0 Å². The summed E-state index contributed by atoms with van der Waals surface area (Å²) >= 11 is 0. The van der Waals surface area contributed by atoms with E-state index in [0.29, 0.717) is 11.8 Å². The molecule has 10 heteroatoms. The highest BCUT2D eigenvalue weighted by Gasteiger charge is 2.32. The number of nitrogens with zero attached hydrogens (tertiary/aromatic N) is 3. The van der Waals surface area contributed by atoms with Crippen molar-refractivity contribution >= 4 is 21.7 Å². The van der Waals surface area contributed by atoms with Crippen LogP contribution in [-0.4, -0.2) is 24.5 Å². The molecule has 1 aromatic carbocycles. The third-order valence-electron chi connectivity index (χ3n) is 6.45. The van der Waals surface area contributed by atoms with Crippen LogP contribution < -0.4 is 19.8 Å². The third-order valence-corrected chi connectivity index (χ3v) is 7.36. The summed E-state index contributed by atoms with van der Waals surface area (Å²) < 4.78 is 45.4. The van der Waals surface area contributed by atoms with Crippen LogP contribution in [0.1, 0.15) is 55.1 Å². The zero-order chi connectivity index (χ0) is 23.9. The van der Waals surface area contributed by atoms with Crippen molar-refractivity contribution in [2.75, 3.05) is 5.32 Å². The number of hydrogen-bond acceptors (Lipinski definition) is 6. The van der Waals surface area contributed by atoms with Crippen LogP contribution >= 0.6 is 0 Å².